The minimum absolute atomic E-state index is 0.0851. The fourth-order valence-corrected chi connectivity index (χ4v) is 1.85. The van der Waals surface area contributed by atoms with E-state index >= 15 is 0 Å². The normalized spacial score (nSPS) is 29.2. The third kappa shape index (κ3) is 1.34. The van der Waals surface area contributed by atoms with Gasteiger partial charge in [0.25, 0.3) is 0 Å². The van der Waals surface area contributed by atoms with Crippen molar-refractivity contribution in [3.63, 3.8) is 0 Å². The van der Waals surface area contributed by atoms with Crippen LogP contribution in [-0.2, 0) is 0 Å². The summed E-state index contributed by atoms with van der Waals surface area (Å²) in [5.74, 6) is 0.468. The summed E-state index contributed by atoms with van der Waals surface area (Å²) in [4.78, 5) is 0. The third-order valence-electron chi connectivity index (χ3n) is 3.00. The molecule has 1 N–H and O–H groups in total. The fraction of sp³-hybridized carbons (Fsp3) is 0.636. The first-order valence-electron chi connectivity index (χ1n) is 4.59. The zero-order valence-electron chi connectivity index (χ0n) is 8.17. The molecular formula is C11H18O. The van der Waals surface area contributed by atoms with Crippen LogP contribution in [0.15, 0.2) is 23.8 Å². The van der Waals surface area contributed by atoms with Crippen molar-refractivity contribution in [3.8, 4) is 0 Å². The lowest BCUT2D eigenvalue weighted by Crippen LogP contribution is -2.31. The molecule has 0 saturated heterocycles. The minimum atomic E-state index is -0.0851. The Kier molecular flexibility index (Phi) is 2.73. The first-order valence-corrected chi connectivity index (χ1v) is 4.59. The minimum Gasteiger partial charge on any atom is -0.395 e. The van der Waals surface area contributed by atoms with Gasteiger partial charge in [0.15, 0.2) is 0 Å². The quantitative estimate of drug-likeness (QED) is 0.625. The van der Waals surface area contributed by atoms with Crippen LogP contribution >= 0.6 is 0 Å². The molecule has 0 aromatic rings. The summed E-state index contributed by atoms with van der Waals surface area (Å²) < 4.78 is 0. The van der Waals surface area contributed by atoms with Crippen molar-refractivity contribution in [3.05, 3.63) is 23.8 Å². The monoisotopic (exact) mass is 166 g/mol. The second-order valence-electron chi connectivity index (χ2n) is 3.88. The summed E-state index contributed by atoms with van der Waals surface area (Å²) in [5.41, 5.74) is 1.22. The lowest BCUT2D eigenvalue weighted by atomic mass is 9.70. The summed E-state index contributed by atoms with van der Waals surface area (Å²) in [5, 5.41) is 9.39. The zero-order valence-corrected chi connectivity index (χ0v) is 8.17. The Morgan fingerprint density at radius 1 is 1.58 bits per heavy atom. The predicted molar refractivity (Wildman–Crippen MR) is 51.9 cm³/mol. The van der Waals surface area contributed by atoms with E-state index in [0.717, 1.165) is 6.42 Å². The van der Waals surface area contributed by atoms with E-state index in [0.29, 0.717) is 5.92 Å². The lowest BCUT2D eigenvalue weighted by Gasteiger charge is -2.36. The Morgan fingerprint density at radius 3 is 2.58 bits per heavy atom. The van der Waals surface area contributed by atoms with Gasteiger partial charge in [-0.05, 0) is 19.3 Å². The number of rotatable bonds is 2. The Labute approximate surface area is 74.8 Å². The molecule has 1 aliphatic carbocycles. The van der Waals surface area contributed by atoms with Crippen molar-refractivity contribution >= 4 is 0 Å². The number of aliphatic hydroxyl groups excluding tert-OH is 1. The van der Waals surface area contributed by atoms with E-state index in [-0.39, 0.29) is 12.0 Å². The number of allylic oxidation sites excluding steroid dienone is 2. The Bertz CT molecular complexity index is 213. The summed E-state index contributed by atoms with van der Waals surface area (Å²) in [6, 6.07) is 0. The highest BCUT2D eigenvalue weighted by atomic mass is 16.3. The van der Waals surface area contributed by atoms with Crippen LogP contribution in [0.5, 0.6) is 0 Å². The van der Waals surface area contributed by atoms with Crippen molar-refractivity contribution in [1.29, 1.82) is 0 Å². The molecule has 0 bridgehead atoms. The lowest BCUT2D eigenvalue weighted by molar-refractivity contribution is 0.153. The summed E-state index contributed by atoms with van der Waals surface area (Å²) in [6.45, 7) is 6.65. The van der Waals surface area contributed by atoms with Gasteiger partial charge in [-0.1, -0.05) is 37.6 Å². The smallest absolute Gasteiger partial charge is 0.0561 e. The van der Waals surface area contributed by atoms with E-state index in [2.05, 4.69) is 39.0 Å². The van der Waals surface area contributed by atoms with Gasteiger partial charge < -0.3 is 5.11 Å². The largest absolute Gasteiger partial charge is 0.395 e. The maximum atomic E-state index is 9.39. The number of hydrogen-bond donors (Lipinski definition) is 1. The maximum absolute atomic E-state index is 9.39. The standard InChI is InChI=1S/C11H18O/c1-9(2)11(8-12)7-5-4-6-10(11)3/h5-7,9,12H,4,8H2,1-3H3/t11-/m0/s1. The van der Waals surface area contributed by atoms with Crippen LogP contribution in [-0.4, -0.2) is 11.7 Å². The second kappa shape index (κ2) is 3.44. The van der Waals surface area contributed by atoms with E-state index in [4.69, 9.17) is 0 Å². The molecule has 0 fully saturated rings. The molecule has 0 aliphatic heterocycles. The topological polar surface area (TPSA) is 20.2 Å². The van der Waals surface area contributed by atoms with Crippen molar-refractivity contribution in [2.75, 3.05) is 6.61 Å². The Hall–Kier alpha value is -0.560. The molecule has 0 aromatic heterocycles. The van der Waals surface area contributed by atoms with Gasteiger partial charge in [-0.2, -0.15) is 0 Å². The van der Waals surface area contributed by atoms with Crippen molar-refractivity contribution in [1.82, 2.24) is 0 Å². The predicted octanol–water partition coefficient (Wildman–Crippen LogP) is 2.53. The van der Waals surface area contributed by atoms with E-state index in [1.165, 1.54) is 5.57 Å². The van der Waals surface area contributed by atoms with Crippen molar-refractivity contribution in [2.24, 2.45) is 11.3 Å². The summed E-state index contributed by atoms with van der Waals surface area (Å²) in [6.07, 6.45) is 7.52. The molecule has 0 radical (unpaired) electrons. The summed E-state index contributed by atoms with van der Waals surface area (Å²) in [7, 11) is 0. The van der Waals surface area contributed by atoms with Crippen LogP contribution in [0.2, 0.25) is 0 Å². The van der Waals surface area contributed by atoms with Crippen LogP contribution in [0.3, 0.4) is 0 Å². The molecule has 0 saturated carbocycles. The average molecular weight is 166 g/mol. The SMILES string of the molecule is CC1=CCC=C[C@]1(CO)C(C)C. The van der Waals surface area contributed by atoms with Gasteiger partial charge in [0.1, 0.15) is 0 Å². The number of aliphatic hydroxyl groups is 1. The first-order chi connectivity index (χ1) is 5.63. The molecule has 0 heterocycles. The molecule has 12 heavy (non-hydrogen) atoms. The van der Waals surface area contributed by atoms with E-state index < -0.39 is 0 Å². The third-order valence-corrected chi connectivity index (χ3v) is 3.00. The van der Waals surface area contributed by atoms with Gasteiger partial charge in [-0.15, -0.1) is 0 Å². The second-order valence-corrected chi connectivity index (χ2v) is 3.88. The van der Waals surface area contributed by atoms with E-state index in [9.17, 15) is 5.11 Å². The van der Waals surface area contributed by atoms with Crippen LogP contribution < -0.4 is 0 Å². The van der Waals surface area contributed by atoms with Crippen LogP contribution in [0.25, 0.3) is 0 Å². The molecule has 1 heteroatoms. The molecule has 1 rings (SSSR count). The van der Waals surface area contributed by atoms with Gasteiger partial charge >= 0.3 is 0 Å². The van der Waals surface area contributed by atoms with Gasteiger partial charge in [0, 0.05) is 5.41 Å². The molecule has 1 atom stereocenters. The van der Waals surface area contributed by atoms with Gasteiger partial charge in [-0.3, -0.25) is 0 Å². The fourth-order valence-electron chi connectivity index (χ4n) is 1.85. The summed E-state index contributed by atoms with van der Waals surface area (Å²) >= 11 is 0. The van der Waals surface area contributed by atoms with Crippen molar-refractivity contribution < 1.29 is 5.11 Å². The van der Waals surface area contributed by atoms with Crippen LogP contribution in [0.1, 0.15) is 27.2 Å². The highest BCUT2D eigenvalue weighted by Crippen LogP contribution is 2.39. The van der Waals surface area contributed by atoms with Gasteiger partial charge in [-0.25, -0.2) is 0 Å². The highest BCUT2D eigenvalue weighted by molar-refractivity contribution is 5.26. The van der Waals surface area contributed by atoms with Crippen LogP contribution in [0.4, 0.5) is 0 Å². The molecule has 1 aliphatic rings. The van der Waals surface area contributed by atoms with Crippen LogP contribution in [0, 0.1) is 11.3 Å². The molecule has 0 spiro atoms. The average Bonchev–Trinajstić information content (AvgIpc) is 2.05. The van der Waals surface area contributed by atoms with E-state index in [1.807, 2.05) is 0 Å². The first kappa shape index (κ1) is 9.53. The zero-order chi connectivity index (χ0) is 9.19. The highest BCUT2D eigenvalue weighted by Gasteiger charge is 2.32. The number of hydrogen-bond acceptors (Lipinski definition) is 1. The van der Waals surface area contributed by atoms with E-state index in [1.54, 1.807) is 0 Å². The van der Waals surface area contributed by atoms with Crippen molar-refractivity contribution in [2.45, 2.75) is 27.2 Å². The molecule has 0 aromatic carbocycles. The molecule has 0 amide bonds. The Morgan fingerprint density at radius 2 is 2.25 bits per heavy atom. The molecule has 0 unspecified atom stereocenters. The molecule has 1 nitrogen and oxygen atoms in total. The molecule has 68 valence electrons. The molecular weight excluding hydrogens is 148 g/mol. The maximum Gasteiger partial charge on any atom is 0.0561 e. The van der Waals surface area contributed by atoms with Gasteiger partial charge in [0.2, 0.25) is 0 Å². The Balaban J connectivity index is 2.98. The van der Waals surface area contributed by atoms with Gasteiger partial charge in [0.05, 0.1) is 6.61 Å².